The zero-order valence-corrected chi connectivity index (χ0v) is 12.0. The molecule has 0 aliphatic heterocycles. The number of nitrogens with zero attached hydrogens (tertiary/aromatic N) is 2. The van der Waals surface area contributed by atoms with Gasteiger partial charge in [0.1, 0.15) is 5.82 Å². The minimum atomic E-state index is -4.30. The van der Waals surface area contributed by atoms with Gasteiger partial charge in [-0.15, -0.1) is 0 Å². The molecule has 0 aliphatic rings. The molecule has 21 heavy (non-hydrogen) atoms. The first-order valence-electron chi connectivity index (χ1n) is 6.74. The number of hydrogen-bond donors (Lipinski definition) is 1. The molecule has 1 aromatic heterocycles. The lowest BCUT2D eigenvalue weighted by Crippen LogP contribution is -2.22. The first-order valence-corrected chi connectivity index (χ1v) is 6.74. The van der Waals surface area contributed by atoms with E-state index < -0.39 is 11.7 Å². The molecule has 1 N–H and O–H groups in total. The summed E-state index contributed by atoms with van der Waals surface area (Å²) < 4.78 is 40.0. The third kappa shape index (κ3) is 4.07. The summed E-state index contributed by atoms with van der Waals surface area (Å²) in [4.78, 5) is 4.21. The number of benzene rings is 1. The number of alkyl halides is 3. The first-order chi connectivity index (χ1) is 9.88. The predicted molar refractivity (Wildman–Crippen MR) is 74.8 cm³/mol. The standard InChI is InChI=1S/C15H18F3N3/c1-11(19-7-6-14-20-8-9-21(14)2)12-4-3-5-13(10-12)15(16,17)18/h3-5,8-11,19H,6-7H2,1-2H3. The van der Waals surface area contributed by atoms with Crippen LogP contribution in [-0.2, 0) is 19.6 Å². The highest BCUT2D eigenvalue weighted by Gasteiger charge is 2.30. The molecule has 1 heterocycles. The van der Waals surface area contributed by atoms with Crippen molar-refractivity contribution in [2.75, 3.05) is 6.54 Å². The van der Waals surface area contributed by atoms with E-state index in [0.717, 1.165) is 18.3 Å². The summed E-state index contributed by atoms with van der Waals surface area (Å²) in [6.45, 7) is 2.51. The molecule has 0 radical (unpaired) electrons. The van der Waals surface area contributed by atoms with Gasteiger partial charge in [-0.3, -0.25) is 0 Å². The second-order valence-electron chi connectivity index (χ2n) is 5.00. The number of aromatic nitrogens is 2. The van der Waals surface area contributed by atoms with Gasteiger partial charge in [-0.1, -0.05) is 12.1 Å². The summed E-state index contributed by atoms with van der Waals surface area (Å²) in [5.41, 5.74) is 0.0161. The minimum Gasteiger partial charge on any atom is -0.338 e. The molecule has 1 atom stereocenters. The zero-order chi connectivity index (χ0) is 15.5. The lowest BCUT2D eigenvalue weighted by Gasteiger charge is -2.16. The molecule has 3 nitrogen and oxygen atoms in total. The van der Waals surface area contributed by atoms with Crippen molar-refractivity contribution in [2.45, 2.75) is 25.6 Å². The molecule has 6 heteroatoms. The van der Waals surface area contributed by atoms with Crippen molar-refractivity contribution >= 4 is 0 Å². The third-order valence-corrected chi connectivity index (χ3v) is 3.43. The van der Waals surface area contributed by atoms with E-state index >= 15 is 0 Å². The normalized spacial score (nSPS) is 13.4. The molecule has 2 aromatic rings. The highest BCUT2D eigenvalue weighted by molar-refractivity contribution is 5.27. The second kappa shape index (κ2) is 6.30. The van der Waals surface area contributed by atoms with Crippen LogP contribution in [0.1, 0.15) is 29.9 Å². The molecule has 1 unspecified atom stereocenters. The average molecular weight is 297 g/mol. The fraction of sp³-hybridized carbons (Fsp3) is 0.400. The lowest BCUT2D eigenvalue weighted by molar-refractivity contribution is -0.137. The lowest BCUT2D eigenvalue weighted by atomic mass is 10.0. The molecular weight excluding hydrogens is 279 g/mol. The monoisotopic (exact) mass is 297 g/mol. The van der Waals surface area contributed by atoms with Crippen LogP contribution < -0.4 is 5.32 Å². The summed E-state index contributed by atoms with van der Waals surface area (Å²) in [6.07, 6.45) is 0.0205. The van der Waals surface area contributed by atoms with E-state index in [-0.39, 0.29) is 6.04 Å². The van der Waals surface area contributed by atoms with E-state index in [9.17, 15) is 13.2 Å². The van der Waals surface area contributed by atoms with E-state index in [1.54, 1.807) is 12.3 Å². The van der Waals surface area contributed by atoms with Crippen LogP contribution in [0.3, 0.4) is 0 Å². The molecule has 0 saturated heterocycles. The Morgan fingerprint density at radius 3 is 2.71 bits per heavy atom. The highest BCUT2D eigenvalue weighted by atomic mass is 19.4. The number of hydrogen-bond acceptors (Lipinski definition) is 2. The Morgan fingerprint density at radius 2 is 2.10 bits per heavy atom. The van der Waals surface area contributed by atoms with Crippen LogP contribution >= 0.6 is 0 Å². The van der Waals surface area contributed by atoms with Crippen LogP contribution in [0, 0.1) is 0 Å². The molecule has 0 saturated carbocycles. The number of nitrogens with one attached hydrogen (secondary N) is 1. The average Bonchev–Trinajstić information content (AvgIpc) is 2.83. The van der Waals surface area contributed by atoms with E-state index in [0.29, 0.717) is 12.1 Å². The zero-order valence-electron chi connectivity index (χ0n) is 12.0. The van der Waals surface area contributed by atoms with Gasteiger partial charge in [0.15, 0.2) is 0 Å². The van der Waals surface area contributed by atoms with E-state index in [1.807, 2.05) is 24.7 Å². The Kier molecular flexibility index (Phi) is 4.67. The maximum absolute atomic E-state index is 12.7. The van der Waals surface area contributed by atoms with Gasteiger partial charge in [-0.05, 0) is 24.6 Å². The predicted octanol–water partition coefficient (Wildman–Crippen LogP) is 3.33. The molecule has 0 spiro atoms. The van der Waals surface area contributed by atoms with Crippen molar-refractivity contribution in [1.82, 2.24) is 14.9 Å². The Morgan fingerprint density at radius 1 is 1.33 bits per heavy atom. The summed E-state index contributed by atoms with van der Waals surface area (Å²) in [7, 11) is 1.92. The van der Waals surface area contributed by atoms with Gasteiger partial charge < -0.3 is 9.88 Å². The summed E-state index contributed by atoms with van der Waals surface area (Å²) in [6, 6.07) is 5.28. The van der Waals surface area contributed by atoms with Crippen LogP contribution in [0.25, 0.3) is 0 Å². The van der Waals surface area contributed by atoms with Crippen LogP contribution in [-0.4, -0.2) is 16.1 Å². The van der Waals surface area contributed by atoms with Gasteiger partial charge in [0.25, 0.3) is 0 Å². The maximum Gasteiger partial charge on any atom is 0.416 e. The Bertz CT molecular complexity index is 590. The van der Waals surface area contributed by atoms with E-state index in [4.69, 9.17) is 0 Å². The van der Waals surface area contributed by atoms with E-state index in [2.05, 4.69) is 10.3 Å². The Hall–Kier alpha value is -1.82. The van der Waals surface area contributed by atoms with Gasteiger partial charge in [0.2, 0.25) is 0 Å². The fourth-order valence-corrected chi connectivity index (χ4v) is 2.14. The topological polar surface area (TPSA) is 29.9 Å². The van der Waals surface area contributed by atoms with Crippen molar-refractivity contribution in [3.63, 3.8) is 0 Å². The van der Waals surface area contributed by atoms with Gasteiger partial charge in [-0.25, -0.2) is 4.98 Å². The third-order valence-electron chi connectivity index (χ3n) is 3.43. The summed E-state index contributed by atoms with van der Waals surface area (Å²) >= 11 is 0. The molecule has 0 aliphatic carbocycles. The molecular formula is C15H18F3N3. The van der Waals surface area contributed by atoms with Crippen molar-refractivity contribution < 1.29 is 13.2 Å². The van der Waals surface area contributed by atoms with Crippen molar-refractivity contribution in [3.05, 3.63) is 53.6 Å². The molecule has 0 bridgehead atoms. The van der Waals surface area contributed by atoms with Gasteiger partial charge >= 0.3 is 6.18 Å². The highest BCUT2D eigenvalue weighted by Crippen LogP contribution is 2.30. The second-order valence-corrected chi connectivity index (χ2v) is 5.00. The van der Waals surface area contributed by atoms with E-state index in [1.165, 1.54) is 12.1 Å². The maximum atomic E-state index is 12.7. The van der Waals surface area contributed by atoms with Crippen LogP contribution in [0.5, 0.6) is 0 Å². The van der Waals surface area contributed by atoms with Gasteiger partial charge in [-0.2, -0.15) is 13.2 Å². The molecule has 0 amide bonds. The quantitative estimate of drug-likeness (QED) is 0.917. The molecule has 2 rings (SSSR count). The van der Waals surface area contributed by atoms with Crippen molar-refractivity contribution in [3.8, 4) is 0 Å². The smallest absolute Gasteiger partial charge is 0.338 e. The largest absolute Gasteiger partial charge is 0.416 e. The number of aryl methyl sites for hydroxylation is 1. The summed E-state index contributed by atoms with van der Waals surface area (Å²) in [5.74, 6) is 0.943. The number of rotatable bonds is 5. The molecule has 114 valence electrons. The van der Waals surface area contributed by atoms with Gasteiger partial charge in [0.05, 0.1) is 5.56 Å². The van der Waals surface area contributed by atoms with Crippen molar-refractivity contribution in [1.29, 1.82) is 0 Å². The number of halogens is 3. The SMILES string of the molecule is CC(NCCc1nccn1C)c1cccc(C(F)(F)F)c1. The van der Waals surface area contributed by atoms with Gasteiger partial charge in [0, 0.05) is 38.4 Å². The molecule has 0 fully saturated rings. The fourth-order valence-electron chi connectivity index (χ4n) is 2.14. The van der Waals surface area contributed by atoms with Crippen LogP contribution in [0.4, 0.5) is 13.2 Å². The molecule has 1 aromatic carbocycles. The van der Waals surface area contributed by atoms with Crippen LogP contribution in [0.15, 0.2) is 36.7 Å². The van der Waals surface area contributed by atoms with Crippen LogP contribution in [0.2, 0.25) is 0 Å². The minimum absolute atomic E-state index is 0.146. The Balaban J connectivity index is 1.94. The van der Waals surface area contributed by atoms with Crippen molar-refractivity contribution in [2.24, 2.45) is 7.05 Å². The number of imidazole rings is 1. The summed E-state index contributed by atoms with van der Waals surface area (Å²) in [5, 5.41) is 3.22. The Labute approximate surface area is 121 Å². The first kappa shape index (κ1) is 15.6.